The van der Waals surface area contributed by atoms with E-state index in [0.29, 0.717) is 11.5 Å². The number of benzene rings is 1. The number of nitrogens with two attached hydrogens (primary N) is 1. The summed E-state index contributed by atoms with van der Waals surface area (Å²) < 4.78 is 0.874. The lowest BCUT2D eigenvalue weighted by Gasteiger charge is -2.23. The van der Waals surface area contributed by atoms with E-state index < -0.39 is 0 Å². The standard InChI is InChI=1S/C12H16BrN3OS/c1-3-16(7-11(17)15-2)10-5-4-8(12(14)18)6-9(10)13/h4-6H,3,7H2,1-2H3,(H2,14,18)(H,15,17). The van der Waals surface area contributed by atoms with Crippen molar-refractivity contribution < 1.29 is 4.79 Å². The molecule has 1 rings (SSSR count). The van der Waals surface area contributed by atoms with E-state index in [0.717, 1.165) is 22.3 Å². The van der Waals surface area contributed by atoms with Gasteiger partial charge in [-0.05, 0) is 41.1 Å². The fraction of sp³-hybridized carbons (Fsp3) is 0.333. The smallest absolute Gasteiger partial charge is 0.239 e. The molecular weight excluding hydrogens is 314 g/mol. The molecule has 3 N–H and O–H groups in total. The first kappa shape index (κ1) is 14.9. The second-order valence-electron chi connectivity index (χ2n) is 3.72. The Balaban J connectivity index is 3.00. The molecule has 6 heteroatoms. The van der Waals surface area contributed by atoms with E-state index in [1.807, 2.05) is 30.0 Å². The Morgan fingerprint density at radius 2 is 2.22 bits per heavy atom. The summed E-state index contributed by atoms with van der Waals surface area (Å²) in [6.45, 7) is 3.05. The van der Waals surface area contributed by atoms with Crippen LogP contribution in [0.5, 0.6) is 0 Å². The van der Waals surface area contributed by atoms with Crippen molar-refractivity contribution >= 4 is 44.7 Å². The number of carbonyl (C=O) groups excluding carboxylic acids is 1. The normalized spacial score (nSPS) is 9.94. The van der Waals surface area contributed by atoms with Crippen molar-refractivity contribution in [2.75, 3.05) is 25.0 Å². The van der Waals surface area contributed by atoms with Crippen molar-refractivity contribution in [1.29, 1.82) is 0 Å². The van der Waals surface area contributed by atoms with Crippen LogP contribution in [-0.4, -0.2) is 31.0 Å². The van der Waals surface area contributed by atoms with E-state index in [-0.39, 0.29) is 5.91 Å². The van der Waals surface area contributed by atoms with Gasteiger partial charge in [-0.25, -0.2) is 0 Å². The summed E-state index contributed by atoms with van der Waals surface area (Å²) in [4.78, 5) is 13.8. The van der Waals surface area contributed by atoms with Gasteiger partial charge >= 0.3 is 0 Å². The molecule has 0 saturated heterocycles. The van der Waals surface area contributed by atoms with Crippen molar-refractivity contribution in [1.82, 2.24) is 5.32 Å². The number of amides is 1. The minimum absolute atomic E-state index is 0.0258. The monoisotopic (exact) mass is 329 g/mol. The van der Waals surface area contributed by atoms with E-state index in [2.05, 4.69) is 21.2 Å². The Morgan fingerprint density at radius 1 is 1.56 bits per heavy atom. The Bertz CT molecular complexity index is 465. The van der Waals surface area contributed by atoms with Gasteiger partial charge in [0.25, 0.3) is 0 Å². The maximum Gasteiger partial charge on any atom is 0.239 e. The molecule has 0 aliphatic carbocycles. The predicted molar refractivity (Wildman–Crippen MR) is 82.0 cm³/mol. The number of nitrogens with one attached hydrogen (secondary N) is 1. The molecule has 0 aliphatic rings. The number of nitrogens with zero attached hydrogens (tertiary/aromatic N) is 1. The van der Waals surface area contributed by atoms with Crippen LogP contribution in [0, 0.1) is 0 Å². The zero-order valence-corrected chi connectivity index (χ0v) is 12.8. The molecule has 0 unspecified atom stereocenters. The second-order valence-corrected chi connectivity index (χ2v) is 5.01. The van der Waals surface area contributed by atoms with Gasteiger partial charge in [0, 0.05) is 23.6 Å². The number of hydrogen-bond donors (Lipinski definition) is 2. The Morgan fingerprint density at radius 3 is 2.67 bits per heavy atom. The van der Waals surface area contributed by atoms with E-state index in [1.165, 1.54) is 0 Å². The largest absolute Gasteiger partial charge is 0.389 e. The fourth-order valence-electron chi connectivity index (χ4n) is 1.54. The van der Waals surface area contributed by atoms with Gasteiger partial charge in [0.15, 0.2) is 0 Å². The maximum atomic E-state index is 11.4. The third-order valence-electron chi connectivity index (χ3n) is 2.57. The van der Waals surface area contributed by atoms with Crippen LogP contribution in [0.4, 0.5) is 5.69 Å². The number of likely N-dealkylation sites (N-methyl/N-ethyl adjacent to an activating group) is 2. The summed E-state index contributed by atoms with van der Waals surface area (Å²) in [5.74, 6) is -0.0258. The Labute approximate surface area is 121 Å². The van der Waals surface area contributed by atoms with E-state index in [4.69, 9.17) is 18.0 Å². The molecule has 0 aliphatic heterocycles. The van der Waals surface area contributed by atoms with Crippen LogP contribution < -0.4 is 16.0 Å². The van der Waals surface area contributed by atoms with Crippen molar-refractivity contribution in [3.8, 4) is 0 Å². The maximum absolute atomic E-state index is 11.4. The molecule has 1 amide bonds. The minimum Gasteiger partial charge on any atom is -0.389 e. The highest BCUT2D eigenvalue weighted by atomic mass is 79.9. The molecule has 0 spiro atoms. The molecule has 4 nitrogen and oxygen atoms in total. The van der Waals surface area contributed by atoms with Crippen LogP contribution in [0.15, 0.2) is 22.7 Å². The third kappa shape index (κ3) is 3.68. The van der Waals surface area contributed by atoms with Crippen molar-refractivity contribution in [3.63, 3.8) is 0 Å². The highest BCUT2D eigenvalue weighted by Crippen LogP contribution is 2.27. The first-order chi connectivity index (χ1) is 8.49. The van der Waals surface area contributed by atoms with Gasteiger partial charge in [0.05, 0.1) is 12.2 Å². The van der Waals surface area contributed by atoms with Crippen LogP contribution >= 0.6 is 28.1 Å². The molecule has 1 aromatic carbocycles. The van der Waals surface area contributed by atoms with E-state index >= 15 is 0 Å². The summed E-state index contributed by atoms with van der Waals surface area (Å²) in [7, 11) is 1.63. The molecule has 18 heavy (non-hydrogen) atoms. The number of hydrogen-bond acceptors (Lipinski definition) is 3. The van der Waals surface area contributed by atoms with Gasteiger partial charge in [-0.2, -0.15) is 0 Å². The fourth-order valence-corrected chi connectivity index (χ4v) is 2.29. The topological polar surface area (TPSA) is 58.4 Å². The van der Waals surface area contributed by atoms with Crippen molar-refractivity contribution in [3.05, 3.63) is 28.2 Å². The van der Waals surface area contributed by atoms with E-state index in [1.54, 1.807) is 7.05 Å². The molecular formula is C12H16BrN3OS. The van der Waals surface area contributed by atoms with Crippen LogP contribution in [0.3, 0.4) is 0 Å². The van der Waals surface area contributed by atoms with Gasteiger partial charge < -0.3 is 16.0 Å². The molecule has 0 bridgehead atoms. The van der Waals surface area contributed by atoms with Crippen LogP contribution in [0.1, 0.15) is 12.5 Å². The average molecular weight is 330 g/mol. The average Bonchev–Trinajstić information content (AvgIpc) is 2.35. The lowest BCUT2D eigenvalue weighted by molar-refractivity contribution is -0.119. The number of thiocarbonyl (C=S) groups is 1. The molecule has 0 heterocycles. The minimum atomic E-state index is -0.0258. The second kappa shape index (κ2) is 6.70. The van der Waals surface area contributed by atoms with Crippen LogP contribution in [-0.2, 0) is 4.79 Å². The first-order valence-corrected chi connectivity index (χ1v) is 6.74. The van der Waals surface area contributed by atoms with Gasteiger partial charge in [-0.15, -0.1) is 0 Å². The summed E-state index contributed by atoms with van der Waals surface area (Å²) in [5, 5.41) is 2.61. The third-order valence-corrected chi connectivity index (χ3v) is 3.44. The lowest BCUT2D eigenvalue weighted by atomic mass is 10.2. The first-order valence-electron chi connectivity index (χ1n) is 5.54. The SMILES string of the molecule is CCN(CC(=O)NC)c1ccc(C(N)=S)cc1Br. The molecule has 0 saturated carbocycles. The molecule has 98 valence electrons. The van der Waals surface area contributed by atoms with Crippen LogP contribution in [0.2, 0.25) is 0 Å². The lowest BCUT2D eigenvalue weighted by Crippen LogP contribution is -2.35. The van der Waals surface area contributed by atoms with Gasteiger partial charge in [0.1, 0.15) is 4.99 Å². The quantitative estimate of drug-likeness (QED) is 0.806. The summed E-state index contributed by atoms with van der Waals surface area (Å²) in [6, 6.07) is 5.63. The Kier molecular flexibility index (Phi) is 5.55. The number of rotatable bonds is 5. The molecule has 0 aromatic heterocycles. The highest BCUT2D eigenvalue weighted by Gasteiger charge is 2.12. The van der Waals surface area contributed by atoms with E-state index in [9.17, 15) is 4.79 Å². The van der Waals surface area contributed by atoms with Crippen LogP contribution in [0.25, 0.3) is 0 Å². The number of carbonyl (C=O) groups is 1. The predicted octanol–water partition coefficient (Wildman–Crippen LogP) is 1.66. The molecule has 0 radical (unpaired) electrons. The highest BCUT2D eigenvalue weighted by molar-refractivity contribution is 9.10. The number of halogens is 1. The zero-order chi connectivity index (χ0) is 13.7. The van der Waals surface area contributed by atoms with Gasteiger partial charge in [-0.3, -0.25) is 4.79 Å². The summed E-state index contributed by atoms with van der Waals surface area (Å²) in [6.07, 6.45) is 0. The Hall–Kier alpha value is -1.14. The molecule has 1 aromatic rings. The number of anilines is 1. The summed E-state index contributed by atoms with van der Waals surface area (Å²) >= 11 is 8.41. The summed E-state index contributed by atoms with van der Waals surface area (Å²) in [5.41, 5.74) is 7.32. The van der Waals surface area contributed by atoms with Crippen molar-refractivity contribution in [2.24, 2.45) is 5.73 Å². The van der Waals surface area contributed by atoms with Gasteiger partial charge in [0.2, 0.25) is 5.91 Å². The molecule has 0 atom stereocenters. The van der Waals surface area contributed by atoms with Crippen molar-refractivity contribution in [2.45, 2.75) is 6.92 Å². The zero-order valence-electron chi connectivity index (χ0n) is 10.4. The molecule has 0 fully saturated rings. The van der Waals surface area contributed by atoms with Gasteiger partial charge in [-0.1, -0.05) is 12.2 Å².